The Balaban J connectivity index is 1.94. The Kier molecular flexibility index (Phi) is 7.18. The third-order valence-electron chi connectivity index (χ3n) is 3.45. The van der Waals surface area contributed by atoms with Crippen molar-refractivity contribution in [3.8, 4) is 5.75 Å². The molecule has 0 radical (unpaired) electrons. The van der Waals surface area contributed by atoms with E-state index in [1.807, 2.05) is 0 Å². The normalized spacial score (nSPS) is 21.1. The second kappa shape index (κ2) is 9.58. The molecule has 0 aliphatic carbocycles. The first-order valence-corrected chi connectivity index (χ1v) is 8.13. The third-order valence-corrected chi connectivity index (χ3v) is 3.45. The number of carbonyl (C=O) groups excluding carboxylic acids is 3. The largest absolute Gasteiger partial charge is 0.497 e. The number of benzene rings is 1. The van der Waals surface area contributed by atoms with Crippen LogP contribution >= 0.6 is 0 Å². The van der Waals surface area contributed by atoms with Gasteiger partial charge in [0.15, 0.2) is 0 Å². The van der Waals surface area contributed by atoms with Crippen molar-refractivity contribution in [1.82, 2.24) is 0 Å². The lowest BCUT2D eigenvalue weighted by Gasteiger charge is -2.30. The summed E-state index contributed by atoms with van der Waals surface area (Å²) in [6.45, 7) is 2.34. The zero-order valence-corrected chi connectivity index (χ0v) is 15.2. The van der Waals surface area contributed by atoms with Crippen molar-refractivity contribution in [2.24, 2.45) is 0 Å². The van der Waals surface area contributed by atoms with E-state index in [9.17, 15) is 14.4 Å². The number of nitrogens with one attached hydrogen (secondary N) is 1. The summed E-state index contributed by atoms with van der Waals surface area (Å²) >= 11 is 0. The molecule has 1 N–H and O–H groups in total. The second-order valence-corrected chi connectivity index (χ2v) is 5.56. The summed E-state index contributed by atoms with van der Waals surface area (Å²) < 4.78 is 25.8. The number of anilines is 1. The number of carbonyl (C=O) groups is 3. The fourth-order valence-corrected chi connectivity index (χ4v) is 2.25. The molecular weight excluding hydrogens is 358 g/mol. The summed E-state index contributed by atoms with van der Waals surface area (Å²) in [5.41, 5.74) is 0.509. The molecule has 27 heavy (non-hydrogen) atoms. The Labute approximate surface area is 156 Å². The Morgan fingerprint density at radius 2 is 1.74 bits per heavy atom. The van der Waals surface area contributed by atoms with Crippen molar-refractivity contribution in [3.63, 3.8) is 0 Å². The zero-order valence-electron chi connectivity index (χ0n) is 15.2. The van der Waals surface area contributed by atoms with Crippen LogP contribution in [0.2, 0.25) is 0 Å². The average molecular weight is 379 g/mol. The molecule has 0 saturated heterocycles. The highest BCUT2D eigenvalue weighted by Crippen LogP contribution is 2.19. The molecular formula is C18H21NO8. The quantitative estimate of drug-likeness (QED) is 0.454. The van der Waals surface area contributed by atoms with Crippen molar-refractivity contribution < 1.29 is 38.1 Å². The summed E-state index contributed by atoms with van der Waals surface area (Å²) in [4.78, 5) is 34.2. The van der Waals surface area contributed by atoms with Crippen LogP contribution in [0.3, 0.4) is 0 Å². The van der Waals surface area contributed by atoms with E-state index in [-0.39, 0.29) is 6.61 Å². The molecule has 0 spiro atoms. The van der Waals surface area contributed by atoms with Gasteiger partial charge in [-0.2, -0.15) is 0 Å². The minimum absolute atomic E-state index is 0.155. The second-order valence-electron chi connectivity index (χ2n) is 5.56. The standard InChI is InChI=1S/C18H21NO8/c1-11(20)24-10-16-15(25-12(2)21)8-9-17(26-16)27-18(22)19-13-4-6-14(23-3)7-5-13/h4-9,15-17H,10H2,1-3H3,(H,19,22)/t15-,16+,17-/m0/s1. The monoisotopic (exact) mass is 379 g/mol. The number of hydrogen-bond donors (Lipinski definition) is 1. The van der Waals surface area contributed by atoms with Crippen LogP contribution in [0.1, 0.15) is 13.8 Å². The lowest BCUT2D eigenvalue weighted by atomic mass is 10.1. The number of rotatable bonds is 6. The Bertz CT molecular complexity index is 700. The minimum Gasteiger partial charge on any atom is -0.497 e. The highest BCUT2D eigenvalue weighted by molar-refractivity contribution is 5.84. The van der Waals surface area contributed by atoms with E-state index >= 15 is 0 Å². The van der Waals surface area contributed by atoms with Crippen LogP contribution in [-0.4, -0.2) is 50.2 Å². The van der Waals surface area contributed by atoms with E-state index < -0.39 is 36.5 Å². The molecule has 3 atom stereocenters. The molecule has 9 heteroatoms. The van der Waals surface area contributed by atoms with Gasteiger partial charge < -0.3 is 23.7 Å². The molecule has 1 aliphatic heterocycles. The van der Waals surface area contributed by atoms with Gasteiger partial charge in [-0.15, -0.1) is 0 Å². The van der Waals surface area contributed by atoms with Gasteiger partial charge in [0.2, 0.25) is 6.29 Å². The smallest absolute Gasteiger partial charge is 0.414 e. The number of amides is 1. The van der Waals surface area contributed by atoms with Crippen LogP contribution in [0.15, 0.2) is 36.4 Å². The van der Waals surface area contributed by atoms with E-state index in [1.54, 1.807) is 31.4 Å². The SMILES string of the molecule is COc1ccc(NC(=O)O[C@H]2C=C[C@H](OC(C)=O)[C@@H](COC(C)=O)O2)cc1. The predicted octanol–water partition coefficient (Wildman–Crippen LogP) is 2.02. The Hall–Kier alpha value is -3.07. The van der Waals surface area contributed by atoms with Gasteiger partial charge in [0.25, 0.3) is 0 Å². The molecule has 0 bridgehead atoms. The van der Waals surface area contributed by atoms with Crippen LogP contribution in [-0.2, 0) is 28.5 Å². The molecule has 0 aromatic heterocycles. The molecule has 0 fully saturated rings. The summed E-state index contributed by atoms with van der Waals surface area (Å²) in [6.07, 6.45) is -0.383. The summed E-state index contributed by atoms with van der Waals surface area (Å²) in [7, 11) is 1.54. The Morgan fingerprint density at radius 1 is 1.04 bits per heavy atom. The van der Waals surface area contributed by atoms with Gasteiger partial charge in [-0.05, 0) is 36.4 Å². The highest BCUT2D eigenvalue weighted by atomic mass is 16.7. The number of hydrogen-bond acceptors (Lipinski definition) is 8. The molecule has 1 amide bonds. The molecule has 1 aliphatic rings. The van der Waals surface area contributed by atoms with Crippen molar-refractivity contribution in [2.45, 2.75) is 32.3 Å². The Morgan fingerprint density at radius 3 is 2.33 bits per heavy atom. The van der Waals surface area contributed by atoms with Gasteiger partial charge >= 0.3 is 18.0 Å². The molecule has 146 valence electrons. The molecule has 2 rings (SSSR count). The van der Waals surface area contributed by atoms with E-state index in [0.717, 1.165) is 0 Å². The first-order chi connectivity index (χ1) is 12.9. The van der Waals surface area contributed by atoms with Gasteiger partial charge in [0.05, 0.1) is 7.11 Å². The van der Waals surface area contributed by atoms with Crippen molar-refractivity contribution in [2.75, 3.05) is 19.0 Å². The number of methoxy groups -OCH3 is 1. The highest BCUT2D eigenvalue weighted by Gasteiger charge is 2.32. The van der Waals surface area contributed by atoms with Crippen LogP contribution in [0.4, 0.5) is 10.5 Å². The maximum absolute atomic E-state index is 12.0. The fraction of sp³-hybridized carbons (Fsp3) is 0.389. The molecule has 0 unspecified atom stereocenters. The molecule has 1 aromatic rings. The topological polar surface area (TPSA) is 109 Å². The van der Waals surface area contributed by atoms with Crippen LogP contribution in [0.5, 0.6) is 5.75 Å². The predicted molar refractivity (Wildman–Crippen MR) is 93.1 cm³/mol. The number of esters is 2. The van der Waals surface area contributed by atoms with E-state index in [2.05, 4.69) is 5.32 Å². The lowest BCUT2D eigenvalue weighted by molar-refractivity contribution is -0.183. The minimum atomic E-state index is -1.03. The summed E-state index contributed by atoms with van der Waals surface area (Å²) in [5, 5.41) is 2.55. The van der Waals surface area contributed by atoms with Crippen LogP contribution in [0, 0.1) is 0 Å². The molecule has 1 aromatic carbocycles. The third kappa shape index (κ3) is 6.63. The van der Waals surface area contributed by atoms with E-state index in [4.69, 9.17) is 23.7 Å². The van der Waals surface area contributed by atoms with Crippen LogP contribution < -0.4 is 10.1 Å². The van der Waals surface area contributed by atoms with Gasteiger partial charge in [-0.1, -0.05) is 0 Å². The first-order valence-electron chi connectivity index (χ1n) is 8.13. The van der Waals surface area contributed by atoms with E-state index in [1.165, 1.54) is 26.0 Å². The van der Waals surface area contributed by atoms with Gasteiger partial charge in [0.1, 0.15) is 24.6 Å². The van der Waals surface area contributed by atoms with Gasteiger partial charge in [0, 0.05) is 19.5 Å². The molecule has 0 saturated carbocycles. The molecule has 9 nitrogen and oxygen atoms in total. The summed E-state index contributed by atoms with van der Waals surface area (Å²) in [6, 6.07) is 6.67. The zero-order chi connectivity index (χ0) is 19.8. The average Bonchev–Trinajstić information content (AvgIpc) is 2.61. The fourth-order valence-electron chi connectivity index (χ4n) is 2.25. The van der Waals surface area contributed by atoms with E-state index in [0.29, 0.717) is 11.4 Å². The summed E-state index contributed by atoms with van der Waals surface area (Å²) in [5.74, 6) is -0.376. The molecule has 1 heterocycles. The van der Waals surface area contributed by atoms with Crippen molar-refractivity contribution in [3.05, 3.63) is 36.4 Å². The lowest BCUT2D eigenvalue weighted by Crippen LogP contribution is -2.42. The number of ether oxygens (including phenoxy) is 5. The van der Waals surface area contributed by atoms with Gasteiger partial charge in [-0.3, -0.25) is 14.9 Å². The van der Waals surface area contributed by atoms with Crippen LogP contribution in [0.25, 0.3) is 0 Å². The maximum Gasteiger partial charge on any atom is 0.414 e. The van der Waals surface area contributed by atoms with Gasteiger partial charge in [-0.25, -0.2) is 4.79 Å². The first kappa shape index (κ1) is 20.2. The maximum atomic E-state index is 12.0. The van der Waals surface area contributed by atoms with Crippen molar-refractivity contribution in [1.29, 1.82) is 0 Å². The van der Waals surface area contributed by atoms with Crippen molar-refractivity contribution >= 4 is 23.7 Å².